The van der Waals surface area contributed by atoms with E-state index in [1.54, 1.807) is 7.11 Å². The Bertz CT molecular complexity index is 500. The number of nitrogens with two attached hydrogens (primary N) is 1. The lowest BCUT2D eigenvalue weighted by atomic mass is 9.92. The van der Waals surface area contributed by atoms with Crippen molar-refractivity contribution in [2.75, 3.05) is 7.11 Å². The number of halogens is 1. The average Bonchev–Trinajstić information content (AvgIpc) is 2.37. The molecule has 0 amide bonds. The van der Waals surface area contributed by atoms with Gasteiger partial charge in [-0.1, -0.05) is 11.6 Å². The summed E-state index contributed by atoms with van der Waals surface area (Å²) in [7, 11) is 1.59. The Kier molecular flexibility index (Phi) is 5.20. The molecule has 0 aliphatic rings. The molecule has 0 radical (unpaired) electrons. The van der Waals surface area contributed by atoms with E-state index in [0.717, 1.165) is 22.3 Å². The maximum atomic E-state index is 10.6. The standard InChI is InChI=1S/C14H20ClNO3/c1-7-8(2)14(19-4)12(9(3)13(7)15)10(16)5-6-11(17)18/h10H,5-6,16H2,1-4H3,(H,17,18). The van der Waals surface area contributed by atoms with Crippen LogP contribution in [0.3, 0.4) is 0 Å². The maximum absolute atomic E-state index is 10.6. The number of hydrogen-bond acceptors (Lipinski definition) is 3. The smallest absolute Gasteiger partial charge is 0.303 e. The number of carboxylic acid groups (broad SMARTS) is 1. The van der Waals surface area contributed by atoms with Gasteiger partial charge in [-0.25, -0.2) is 0 Å². The van der Waals surface area contributed by atoms with Crippen LogP contribution >= 0.6 is 11.6 Å². The normalized spacial score (nSPS) is 12.3. The van der Waals surface area contributed by atoms with Crippen molar-refractivity contribution in [3.63, 3.8) is 0 Å². The molecule has 5 heteroatoms. The molecule has 0 spiro atoms. The maximum Gasteiger partial charge on any atom is 0.303 e. The van der Waals surface area contributed by atoms with Crippen LogP contribution in [0.1, 0.15) is 41.1 Å². The molecule has 0 saturated carbocycles. The van der Waals surface area contributed by atoms with Gasteiger partial charge in [-0.15, -0.1) is 0 Å². The zero-order chi connectivity index (χ0) is 14.7. The Balaban J connectivity index is 3.29. The topological polar surface area (TPSA) is 72.5 Å². The van der Waals surface area contributed by atoms with Crippen molar-refractivity contribution in [3.8, 4) is 5.75 Å². The SMILES string of the molecule is COc1c(C)c(C)c(Cl)c(C)c1C(N)CCC(=O)O. The molecule has 106 valence electrons. The Morgan fingerprint density at radius 2 is 1.89 bits per heavy atom. The summed E-state index contributed by atoms with van der Waals surface area (Å²) in [5, 5.41) is 9.41. The molecule has 1 unspecified atom stereocenters. The van der Waals surface area contributed by atoms with Gasteiger partial charge in [0.05, 0.1) is 7.11 Å². The molecule has 0 fully saturated rings. The third-order valence-corrected chi connectivity index (χ3v) is 4.02. The van der Waals surface area contributed by atoms with Crippen molar-refractivity contribution in [2.24, 2.45) is 5.73 Å². The van der Waals surface area contributed by atoms with Gasteiger partial charge in [0, 0.05) is 23.0 Å². The van der Waals surface area contributed by atoms with E-state index >= 15 is 0 Å². The van der Waals surface area contributed by atoms with E-state index in [1.807, 2.05) is 20.8 Å². The first-order chi connectivity index (χ1) is 8.81. The molecule has 4 nitrogen and oxygen atoms in total. The highest BCUT2D eigenvalue weighted by atomic mass is 35.5. The first kappa shape index (κ1) is 15.8. The first-order valence-electron chi connectivity index (χ1n) is 6.11. The minimum Gasteiger partial charge on any atom is -0.496 e. The van der Waals surface area contributed by atoms with Crippen molar-refractivity contribution in [1.82, 2.24) is 0 Å². The number of methoxy groups -OCH3 is 1. The van der Waals surface area contributed by atoms with Crippen LogP contribution in [0.4, 0.5) is 0 Å². The number of benzene rings is 1. The van der Waals surface area contributed by atoms with Crippen LogP contribution in [0.5, 0.6) is 5.75 Å². The molecule has 1 rings (SSSR count). The highest BCUT2D eigenvalue weighted by Gasteiger charge is 2.22. The molecule has 19 heavy (non-hydrogen) atoms. The lowest BCUT2D eigenvalue weighted by Gasteiger charge is -2.22. The summed E-state index contributed by atoms with van der Waals surface area (Å²) in [5.74, 6) is -0.153. The number of carbonyl (C=O) groups is 1. The number of hydrogen-bond donors (Lipinski definition) is 2. The van der Waals surface area contributed by atoms with Crippen LogP contribution in [-0.4, -0.2) is 18.2 Å². The molecular formula is C14H20ClNO3. The van der Waals surface area contributed by atoms with E-state index in [0.29, 0.717) is 17.2 Å². The van der Waals surface area contributed by atoms with Crippen LogP contribution in [0.15, 0.2) is 0 Å². The fourth-order valence-corrected chi connectivity index (χ4v) is 2.48. The van der Waals surface area contributed by atoms with Crippen LogP contribution in [0.2, 0.25) is 5.02 Å². The zero-order valence-electron chi connectivity index (χ0n) is 11.7. The lowest BCUT2D eigenvalue weighted by molar-refractivity contribution is -0.137. The van der Waals surface area contributed by atoms with Crippen LogP contribution in [0, 0.1) is 20.8 Å². The van der Waals surface area contributed by atoms with E-state index in [9.17, 15) is 4.79 Å². The van der Waals surface area contributed by atoms with Crippen molar-refractivity contribution < 1.29 is 14.6 Å². The number of ether oxygens (including phenoxy) is 1. The molecular weight excluding hydrogens is 266 g/mol. The lowest BCUT2D eigenvalue weighted by Crippen LogP contribution is -2.16. The van der Waals surface area contributed by atoms with Gasteiger partial charge in [-0.3, -0.25) is 4.79 Å². The van der Waals surface area contributed by atoms with Crippen LogP contribution < -0.4 is 10.5 Å². The van der Waals surface area contributed by atoms with E-state index < -0.39 is 12.0 Å². The summed E-state index contributed by atoms with van der Waals surface area (Å²) in [4.78, 5) is 10.6. The van der Waals surface area contributed by atoms with E-state index in [1.165, 1.54) is 0 Å². The van der Waals surface area contributed by atoms with Gasteiger partial charge in [0.25, 0.3) is 0 Å². The minimum atomic E-state index is -0.859. The van der Waals surface area contributed by atoms with E-state index in [-0.39, 0.29) is 6.42 Å². The van der Waals surface area contributed by atoms with Crippen LogP contribution in [0.25, 0.3) is 0 Å². The minimum absolute atomic E-state index is 0.0221. The fraction of sp³-hybridized carbons (Fsp3) is 0.500. The number of carboxylic acids is 1. The summed E-state index contributed by atoms with van der Waals surface area (Å²) in [6, 6.07) is -0.400. The number of rotatable bonds is 5. The monoisotopic (exact) mass is 285 g/mol. The Labute approximate surface area is 118 Å². The Morgan fingerprint density at radius 3 is 2.37 bits per heavy atom. The zero-order valence-corrected chi connectivity index (χ0v) is 12.5. The molecule has 1 aromatic carbocycles. The highest BCUT2D eigenvalue weighted by molar-refractivity contribution is 6.32. The second-order valence-electron chi connectivity index (χ2n) is 4.67. The second kappa shape index (κ2) is 6.26. The van der Waals surface area contributed by atoms with Gasteiger partial charge >= 0.3 is 5.97 Å². The summed E-state index contributed by atoms with van der Waals surface area (Å²) in [6.45, 7) is 5.74. The molecule has 0 heterocycles. The first-order valence-corrected chi connectivity index (χ1v) is 6.49. The molecule has 0 aliphatic heterocycles. The van der Waals surface area contributed by atoms with Crippen molar-refractivity contribution in [1.29, 1.82) is 0 Å². The summed E-state index contributed by atoms with van der Waals surface area (Å²) < 4.78 is 5.43. The third-order valence-electron chi connectivity index (χ3n) is 3.45. The van der Waals surface area contributed by atoms with E-state index in [2.05, 4.69) is 0 Å². The molecule has 3 N–H and O–H groups in total. The van der Waals surface area contributed by atoms with Gasteiger partial charge in [0.15, 0.2) is 0 Å². The molecule has 1 atom stereocenters. The predicted molar refractivity (Wildman–Crippen MR) is 76.0 cm³/mol. The molecule has 0 aliphatic carbocycles. The Morgan fingerprint density at radius 1 is 1.32 bits per heavy atom. The van der Waals surface area contributed by atoms with Gasteiger partial charge in [-0.05, 0) is 43.9 Å². The molecule has 1 aromatic rings. The third kappa shape index (κ3) is 3.19. The summed E-state index contributed by atoms with van der Waals surface area (Å²) in [5.41, 5.74) is 9.68. The highest BCUT2D eigenvalue weighted by Crippen LogP contribution is 2.39. The van der Waals surface area contributed by atoms with Crippen molar-refractivity contribution in [3.05, 3.63) is 27.3 Å². The summed E-state index contributed by atoms with van der Waals surface area (Å²) >= 11 is 6.30. The van der Waals surface area contributed by atoms with Crippen molar-refractivity contribution in [2.45, 2.75) is 39.7 Å². The fourth-order valence-electron chi connectivity index (χ4n) is 2.24. The van der Waals surface area contributed by atoms with Gasteiger partial charge in [0.2, 0.25) is 0 Å². The van der Waals surface area contributed by atoms with Gasteiger partial charge < -0.3 is 15.6 Å². The Hall–Kier alpha value is -1.26. The number of aliphatic carboxylic acids is 1. The quantitative estimate of drug-likeness (QED) is 0.872. The van der Waals surface area contributed by atoms with Gasteiger partial charge in [-0.2, -0.15) is 0 Å². The molecule has 0 bridgehead atoms. The van der Waals surface area contributed by atoms with Crippen molar-refractivity contribution >= 4 is 17.6 Å². The summed E-state index contributed by atoms with van der Waals surface area (Å²) in [6.07, 6.45) is 0.375. The largest absolute Gasteiger partial charge is 0.496 e. The van der Waals surface area contributed by atoms with Gasteiger partial charge in [0.1, 0.15) is 5.75 Å². The van der Waals surface area contributed by atoms with Crippen LogP contribution in [-0.2, 0) is 4.79 Å². The average molecular weight is 286 g/mol. The molecule has 0 saturated heterocycles. The predicted octanol–water partition coefficient (Wildman–Crippen LogP) is 3.14. The second-order valence-corrected chi connectivity index (χ2v) is 5.05. The van der Waals surface area contributed by atoms with E-state index in [4.69, 9.17) is 27.2 Å². The molecule has 0 aromatic heterocycles.